The number of nitrogens with one attached hydrogen (secondary N) is 1. The van der Waals surface area contributed by atoms with Gasteiger partial charge in [-0.05, 0) is 26.0 Å². The zero-order valence-corrected chi connectivity index (χ0v) is 18.2. The molecule has 1 aromatic carbocycles. The molecule has 0 atom stereocenters. The largest absolute Gasteiger partial charge is 0.270 e. The van der Waals surface area contributed by atoms with Gasteiger partial charge in [-0.3, -0.25) is 14.9 Å². The zero-order valence-electron chi connectivity index (χ0n) is 15.8. The third-order valence-electron chi connectivity index (χ3n) is 4.03. The van der Waals surface area contributed by atoms with Gasteiger partial charge in [0.25, 0.3) is 11.2 Å². The number of halogens is 1. The average molecular weight is 470 g/mol. The summed E-state index contributed by atoms with van der Waals surface area (Å²) in [7, 11) is -4.13. The maximum atomic E-state index is 12.5. The molecule has 0 unspecified atom stereocenters. The first-order valence-electron chi connectivity index (χ1n) is 8.54. The molecule has 0 aliphatic heterocycles. The number of nitro benzene ring substituents is 1. The molecule has 10 nitrogen and oxygen atoms in total. The summed E-state index contributed by atoms with van der Waals surface area (Å²) in [5, 5.41) is 15.9. The van der Waals surface area contributed by atoms with E-state index in [2.05, 4.69) is 14.8 Å². The molecule has 0 saturated carbocycles. The van der Waals surface area contributed by atoms with Crippen molar-refractivity contribution in [1.82, 2.24) is 19.5 Å². The average Bonchev–Trinajstić information content (AvgIpc) is 3.01. The Labute approximate surface area is 180 Å². The van der Waals surface area contributed by atoms with Gasteiger partial charge in [-0.2, -0.15) is 5.10 Å². The minimum atomic E-state index is -4.13. The highest BCUT2D eigenvalue weighted by Crippen LogP contribution is 2.27. The van der Waals surface area contributed by atoms with Crippen LogP contribution < -0.4 is 10.3 Å². The lowest BCUT2D eigenvalue weighted by atomic mass is 10.3. The molecule has 0 amide bonds. The summed E-state index contributed by atoms with van der Waals surface area (Å²) in [6.45, 7) is 3.49. The summed E-state index contributed by atoms with van der Waals surface area (Å²) in [4.78, 5) is 27.0. The number of hydrogen-bond acceptors (Lipinski definition) is 8. The minimum absolute atomic E-state index is 0.0463. The van der Waals surface area contributed by atoms with Crippen LogP contribution in [-0.4, -0.2) is 34.7 Å². The number of nitrogens with zero attached hydrogens (tertiary/aromatic N) is 4. The first-order valence-corrected chi connectivity index (χ1v) is 11.2. The minimum Gasteiger partial charge on any atom is -0.268 e. The lowest BCUT2D eigenvalue weighted by Crippen LogP contribution is -2.32. The number of nitro groups is 1. The molecule has 0 bridgehead atoms. The van der Waals surface area contributed by atoms with Crippen molar-refractivity contribution in [3.05, 3.63) is 66.5 Å². The number of benzene rings is 1. The molecule has 13 heteroatoms. The number of non-ortho nitro benzene ring substituents is 1. The Balaban J connectivity index is 1.79. The van der Waals surface area contributed by atoms with Gasteiger partial charge in [-0.1, -0.05) is 11.6 Å². The fourth-order valence-corrected chi connectivity index (χ4v) is 5.10. The molecule has 3 aromatic rings. The van der Waals surface area contributed by atoms with Crippen molar-refractivity contribution in [2.24, 2.45) is 0 Å². The summed E-state index contributed by atoms with van der Waals surface area (Å²) in [6.07, 6.45) is 0. The molecule has 0 aliphatic carbocycles. The van der Waals surface area contributed by atoms with E-state index >= 15 is 0 Å². The molecule has 0 aliphatic rings. The quantitative estimate of drug-likeness (QED) is 0.414. The Hall–Kier alpha value is -2.67. The van der Waals surface area contributed by atoms with E-state index in [4.69, 9.17) is 11.6 Å². The Morgan fingerprint density at radius 1 is 1.27 bits per heavy atom. The van der Waals surface area contributed by atoms with Crippen LogP contribution in [0.4, 0.5) is 5.69 Å². The summed E-state index contributed by atoms with van der Waals surface area (Å²) in [5.74, 6) is 0. The molecular formula is C17H16ClN5O5S2. The van der Waals surface area contributed by atoms with Crippen LogP contribution in [0.2, 0.25) is 5.02 Å². The highest BCUT2D eigenvalue weighted by atomic mass is 35.5. The molecule has 0 fully saturated rings. The van der Waals surface area contributed by atoms with Crippen LogP contribution >= 0.6 is 22.9 Å². The number of hydrogen-bond donors (Lipinski definition) is 1. The van der Waals surface area contributed by atoms with E-state index in [0.717, 1.165) is 38.5 Å². The molecule has 0 spiro atoms. The van der Waals surface area contributed by atoms with Crippen LogP contribution in [0.15, 0.2) is 40.0 Å². The van der Waals surface area contributed by atoms with Gasteiger partial charge in [0.15, 0.2) is 0 Å². The maximum Gasteiger partial charge on any atom is 0.270 e. The second kappa shape index (κ2) is 8.60. The first kappa shape index (κ1) is 22.0. The molecule has 1 N–H and O–H groups in total. The van der Waals surface area contributed by atoms with Crippen molar-refractivity contribution in [3.8, 4) is 10.6 Å². The van der Waals surface area contributed by atoms with Gasteiger partial charge >= 0.3 is 0 Å². The Bertz CT molecular complexity index is 1290. The second-order valence-corrected chi connectivity index (χ2v) is 9.54. The van der Waals surface area contributed by atoms with E-state index in [9.17, 15) is 23.3 Å². The third kappa shape index (κ3) is 4.73. The van der Waals surface area contributed by atoms with E-state index in [0.29, 0.717) is 5.69 Å². The van der Waals surface area contributed by atoms with Gasteiger partial charge in [-0.15, -0.1) is 11.3 Å². The maximum absolute atomic E-state index is 12.5. The summed E-state index contributed by atoms with van der Waals surface area (Å²) >= 11 is 7.34. The van der Waals surface area contributed by atoms with Gasteiger partial charge in [0.1, 0.15) is 10.6 Å². The molecule has 2 aromatic heterocycles. The number of sulfonamides is 1. The molecule has 2 heterocycles. The normalized spacial score (nSPS) is 11.6. The number of aryl methyl sites for hydroxylation is 2. The number of thiazole rings is 1. The lowest BCUT2D eigenvalue weighted by molar-refractivity contribution is -0.385. The highest BCUT2D eigenvalue weighted by molar-refractivity contribution is 7.89. The van der Waals surface area contributed by atoms with E-state index in [-0.39, 0.29) is 18.1 Å². The van der Waals surface area contributed by atoms with E-state index < -0.39 is 31.1 Å². The number of aromatic nitrogens is 3. The van der Waals surface area contributed by atoms with Crippen LogP contribution in [0.25, 0.3) is 10.6 Å². The lowest BCUT2D eigenvalue weighted by Gasteiger charge is -2.10. The van der Waals surface area contributed by atoms with Crippen molar-refractivity contribution in [3.63, 3.8) is 0 Å². The third-order valence-corrected chi connectivity index (χ3v) is 7.07. The molecule has 158 valence electrons. The monoisotopic (exact) mass is 469 g/mol. The van der Waals surface area contributed by atoms with Gasteiger partial charge in [-0.25, -0.2) is 22.8 Å². The Kier molecular flexibility index (Phi) is 6.31. The van der Waals surface area contributed by atoms with Gasteiger partial charge in [0, 0.05) is 24.7 Å². The molecule has 30 heavy (non-hydrogen) atoms. The Morgan fingerprint density at radius 3 is 2.63 bits per heavy atom. The summed E-state index contributed by atoms with van der Waals surface area (Å²) in [5.41, 5.74) is 0.546. The van der Waals surface area contributed by atoms with Gasteiger partial charge < -0.3 is 0 Å². The molecule has 0 saturated heterocycles. The smallest absolute Gasteiger partial charge is 0.268 e. The van der Waals surface area contributed by atoms with Gasteiger partial charge in [0.2, 0.25) is 10.0 Å². The first-order chi connectivity index (χ1) is 14.1. The van der Waals surface area contributed by atoms with Crippen molar-refractivity contribution < 1.29 is 13.3 Å². The molecular weight excluding hydrogens is 454 g/mol. The topological polar surface area (TPSA) is 137 Å². The van der Waals surface area contributed by atoms with E-state index in [1.165, 1.54) is 17.4 Å². The van der Waals surface area contributed by atoms with Crippen LogP contribution in [-0.2, 0) is 16.6 Å². The van der Waals surface area contributed by atoms with Crippen molar-refractivity contribution >= 4 is 38.6 Å². The molecule has 0 radical (unpaired) electrons. The predicted molar refractivity (Wildman–Crippen MR) is 112 cm³/mol. The van der Waals surface area contributed by atoms with Crippen LogP contribution in [0, 0.1) is 24.0 Å². The van der Waals surface area contributed by atoms with Crippen LogP contribution in [0.5, 0.6) is 0 Å². The van der Waals surface area contributed by atoms with Crippen molar-refractivity contribution in [1.29, 1.82) is 0 Å². The Morgan fingerprint density at radius 2 is 2.00 bits per heavy atom. The van der Waals surface area contributed by atoms with Gasteiger partial charge in [0.05, 0.1) is 32.1 Å². The van der Waals surface area contributed by atoms with Crippen LogP contribution in [0.1, 0.15) is 10.7 Å². The number of rotatable bonds is 7. The second-order valence-electron chi connectivity index (χ2n) is 6.20. The molecule has 3 rings (SSSR count). The highest BCUT2D eigenvalue weighted by Gasteiger charge is 2.21. The zero-order chi connectivity index (χ0) is 22.1. The fraction of sp³-hybridized carbons (Fsp3) is 0.235. The van der Waals surface area contributed by atoms with E-state index in [1.54, 1.807) is 6.07 Å². The van der Waals surface area contributed by atoms with Crippen LogP contribution in [0.3, 0.4) is 0 Å². The SMILES string of the molecule is Cc1nc(C)c(-c2ccc(=O)n(CCNS(=O)(=O)c3cc([N+](=O)[O-])ccc3Cl)n2)s1. The van der Waals surface area contributed by atoms with E-state index in [1.807, 2.05) is 13.8 Å². The predicted octanol–water partition coefficient (Wildman–Crippen LogP) is 2.52. The van der Waals surface area contributed by atoms with Crippen molar-refractivity contribution in [2.75, 3.05) is 6.54 Å². The standard InChI is InChI=1S/C17H16ClN5O5S2/c1-10-17(29-11(2)20-10)14-5-6-16(24)22(21-14)8-7-19-30(27,28)15-9-12(23(25)26)3-4-13(15)18/h3-6,9,19H,7-8H2,1-2H3. The fourth-order valence-electron chi connectivity index (χ4n) is 2.67. The van der Waals surface area contributed by atoms with Crippen molar-refractivity contribution in [2.45, 2.75) is 25.3 Å². The summed E-state index contributed by atoms with van der Waals surface area (Å²) in [6, 6.07) is 6.07. The summed E-state index contributed by atoms with van der Waals surface area (Å²) < 4.78 is 28.4.